The summed E-state index contributed by atoms with van der Waals surface area (Å²) in [4.78, 5) is 12.9. The molecule has 0 atom stereocenters. The van der Waals surface area contributed by atoms with Gasteiger partial charge in [0.2, 0.25) is 5.91 Å². The van der Waals surface area contributed by atoms with Crippen LogP contribution in [0.1, 0.15) is 26.2 Å². The molecule has 0 unspecified atom stereocenters. The zero-order valence-corrected chi connectivity index (χ0v) is 7.65. The number of likely N-dealkylation sites (tertiary alicyclic amines) is 1. The van der Waals surface area contributed by atoms with Crippen molar-refractivity contribution in [3.63, 3.8) is 0 Å². The highest BCUT2D eigenvalue weighted by Gasteiger charge is 2.55. The van der Waals surface area contributed by atoms with E-state index in [1.54, 1.807) is 0 Å². The Labute approximate surface area is 75.9 Å². The van der Waals surface area contributed by atoms with Crippen LogP contribution in [-0.4, -0.2) is 29.8 Å². The van der Waals surface area contributed by atoms with Crippen LogP contribution in [-0.2, 0) is 4.79 Å². The number of carbonyl (C=O) groups excluding carboxylic acids is 1. The van der Waals surface area contributed by atoms with Crippen LogP contribution in [0.5, 0.6) is 0 Å². The van der Waals surface area contributed by atoms with Crippen molar-refractivity contribution in [3.8, 4) is 0 Å². The molecule has 13 heavy (non-hydrogen) atoms. The number of carbonyl (C=O) groups is 1. The first-order valence-electron chi connectivity index (χ1n) is 4.66. The lowest BCUT2D eigenvalue weighted by molar-refractivity contribution is -0.171. The summed E-state index contributed by atoms with van der Waals surface area (Å²) in [6.07, 6.45) is 2.54. The lowest BCUT2D eigenvalue weighted by Crippen LogP contribution is -2.60. The Morgan fingerprint density at radius 1 is 1.38 bits per heavy atom. The largest absolute Gasteiger partial charge is 0.330 e. The Kier molecular flexibility index (Phi) is 1.66. The second-order valence-electron chi connectivity index (χ2n) is 4.15. The molecule has 0 bridgehead atoms. The highest BCUT2D eigenvalue weighted by Crippen LogP contribution is 2.51. The van der Waals surface area contributed by atoms with Crippen molar-refractivity contribution >= 4 is 5.91 Å². The van der Waals surface area contributed by atoms with Gasteiger partial charge in [-0.25, -0.2) is 8.78 Å². The topological polar surface area (TPSA) is 20.3 Å². The Morgan fingerprint density at radius 2 is 1.92 bits per heavy atom. The maximum absolute atomic E-state index is 12.5. The molecule has 0 aromatic rings. The summed E-state index contributed by atoms with van der Waals surface area (Å²) < 4.78 is 24.9. The van der Waals surface area contributed by atoms with Crippen molar-refractivity contribution in [2.75, 3.05) is 13.1 Å². The van der Waals surface area contributed by atoms with Crippen molar-refractivity contribution in [1.29, 1.82) is 0 Å². The first kappa shape index (κ1) is 8.91. The molecule has 2 fully saturated rings. The molecule has 1 saturated carbocycles. The molecule has 0 radical (unpaired) electrons. The fourth-order valence-electron chi connectivity index (χ4n) is 1.86. The Bertz CT molecular complexity index is 240. The summed E-state index contributed by atoms with van der Waals surface area (Å²) in [5, 5.41) is 0. The second kappa shape index (κ2) is 2.42. The molecule has 2 aliphatic rings. The predicted octanol–water partition coefficient (Wildman–Crippen LogP) is 1.65. The number of hydrogen-bond donors (Lipinski definition) is 0. The van der Waals surface area contributed by atoms with E-state index < -0.39 is 5.92 Å². The Hall–Kier alpha value is -0.670. The van der Waals surface area contributed by atoms with E-state index in [4.69, 9.17) is 0 Å². The highest BCUT2D eigenvalue weighted by molar-refractivity contribution is 5.86. The van der Waals surface area contributed by atoms with Gasteiger partial charge in [0.1, 0.15) is 0 Å². The summed E-state index contributed by atoms with van der Waals surface area (Å²) in [7, 11) is 0. The summed E-state index contributed by atoms with van der Waals surface area (Å²) in [6.45, 7) is 1.21. The van der Waals surface area contributed by atoms with Crippen LogP contribution >= 0.6 is 0 Å². The molecule has 1 aliphatic heterocycles. The molecule has 0 aromatic carbocycles. The number of amides is 1. The molecular weight excluding hydrogens is 176 g/mol. The molecule has 2 rings (SSSR count). The van der Waals surface area contributed by atoms with Gasteiger partial charge in [0.05, 0.1) is 13.1 Å². The third-order valence-corrected chi connectivity index (χ3v) is 3.12. The molecule has 0 N–H and O–H groups in total. The molecular formula is C9H13F2NO. The van der Waals surface area contributed by atoms with Gasteiger partial charge in [-0.3, -0.25) is 4.79 Å². The van der Waals surface area contributed by atoms with Gasteiger partial charge in [-0.2, -0.15) is 0 Å². The van der Waals surface area contributed by atoms with Crippen LogP contribution in [0.3, 0.4) is 0 Å². The van der Waals surface area contributed by atoms with Crippen LogP contribution in [0.15, 0.2) is 0 Å². The molecule has 1 amide bonds. The van der Waals surface area contributed by atoms with Crippen LogP contribution in [0.2, 0.25) is 0 Å². The minimum atomic E-state index is -2.63. The molecule has 74 valence electrons. The van der Waals surface area contributed by atoms with Gasteiger partial charge in [0.25, 0.3) is 5.92 Å². The molecule has 0 spiro atoms. The zero-order valence-electron chi connectivity index (χ0n) is 7.65. The van der Waals surface area contributed by atoms with E-state index in [1.165, 1.54) is 4.90 Å². The van der Waals surface area contributed by atoms with Gasteiger partial charge < -0.3 is 4.90 Å². The van der Waals surface area contributed by atoms with Crippen molar-refractivity contribution in [2.45, 2.75) is 32.1 Å². The highest BCUT2D eigenvalue weighted by atomic mass is 19.3. The number of alkyl halides is 2. The van der Waals surface area contributed by atoms with Crippen molar-refractivity contribution in [1.82, 2.24) is 4.90 Å². The smallest absolute Gasteiger partial charge is 0.282 e. The van der Waals surface area contributed by atoms with Gasteiger partial charge >= 0.3 is 0 Å². The van der Waals surface area contributed by atoms with Crippen LogP contribution in [0.4, 0.5) is 8.78 Å². The number of hydrogen-bond acceptors (Lipinski definition) is 1. The normalized spacial score (nSPS) is 28.1. The molecule has 0 aromatic heterocycles. The third-order valence-electron chi connectivity index (χ3n) is 3.12. The molecule has 4 heteroatoms. The van der Waals surface area contributed by atoms with E-state index in [2.05, 4.69) is 0 Å². The van der Waals surface area contributed by atoms with Crippen molar-refractivity contribution < 1.29 is 13.6 Å². The molecule has 2 nitrogen and oxygen atoms in total. The maximum atomic E-state index is 12.5. The minimum Gasteiger partial charge on any atom is -0.330 e. The fourth-order valence-corrected chi connectivity index (χ4v) is 1.86. The number of rotatable bonds is 2. The number of halogens is 2. The van der Waals surface area contributed by atoms with E-state index in [1.807, 2.05) is 6.92 Å². The van der Waals surface area contributed by atoms with Gasteiger partial charge in [-0.05, 0) is 19.3 Å². The zero-order chi connectivity index (χ0) is 9.69. The number of nitrogens with zero attached hydrogens (tertiary/aromatic N) is 1. The molecule has 1 saturated heterocycles. The van der Waals surface area contributed by atoms with Crippen molar-refractivity contribution in [2.24, 2.45) is 5.41 Å². The van der Waals surface area contributed by atoms with Crippen LogP contribution in [0, 0.1) is 5.41 Å². The van der Waals surface area contributed by atoms with E-state index in [0.717, 1.165) is 19.3 Å². The Balaban J connectivity index is 1.94. The van der Waals surface area contributed by atoms with Crippen LogP contribution < -0.4 is 0 Å². The first-order chi connectivity index (χ1) is 5.99. The summed E-state index contributed by atoms with van der Waals surface area (Å²) in [5.41, 5.74) is -0.253. The van der Waals surface area contributed by atoms with Gasteiger partial charge in [0, 0.05) is 5.41 Å². The quantitative estimate of drug-likeness (QED) is 0.646. The van der Waals surface area contributed by atoms with Crippen molar-refractivity contribution in [3.05, 3.63) is 0 Å². The second-order valence-corrected chi connectivity index (χ2v) is 4.15. The molecule has 1 aliphatic carbocycles. The first-order valence-corrected chi connectivity index (χ1v) is 4.66. The third kappa shape index (κ3) is 1.32. The SMILES string of the molecule is CCC1(C(=O)N2CC(F)(F)C2)CC1. The Morgan fingerprint density at radius 3 is 2.23 bits per heavy atom. The van der Waals surface area contributed by atoms with Crippen LogP contribution in [0.25, 0.3) is 0 Å². The summed E-state index contributed by atoms with van der Waals surface area (Å²) in [6, 6.07) is 0. The minimum absolute atomic E-state index is 0.0547. The average molecular weight is 189 g/mol. The summed E-state index contributed by atoms with van der Waals surface area (Å²) >= 11 is 0. The summed E-state index contributed by atoms with van der Waals surface area (Å²) in [5.74, 6) is -2.68. The van der Waals surface area contributed by atoms with Gasteiger partial charge in [0.15, 0.2) is 0 Å². The molecule has 1 heterocycles. The van der Waals surface area contributed by atoms with E-state index >= 15 is 0 Å². The van der Waals surface area contributed by atoms with Gasteiger partial charge in [-0.1, -0.05) is 6.92 Å². The fraction of sp³-hybridized carbons (Fsp3) is 0.889. The van der Waals surface area contributed by atoms with Gasteiger partial charge in [-0.15, -0.1) is 0 Å². The van der Waals surface area contributed by atoms with E-state index in [9.17, 15) is 13.6 Å². The average Bonchev–Trinajstić information content (AvgIpc) is 2.79. The monoisotopic (exact) mass is 189 g/mol. The maximum Gasteiger partial charge on any atom is 0.282 e. The predicted molar refractivity (Wildman–Crippen MR) is 43.5 cm³/mol. The standard InChI is InChI=1S/C9H13F2NO/c1-2-8(3-4-8)7(13)12-5-9(10,11)6-12/h2-6H2,1H3. The van der Waals surface area contributed by atoms with E-state index in [0.29, 0.717) is 0 Å². The lowest BCUT2D eigenvalue weighted by atomic mass is 9.99. The van der Waals surface area contributed by atoms with E-state index in [-0.39, 0.29) is 24.4 Å². The lowest BCUT2D eigenvalue weighted by Gasteiger charge is -2.40.